The monoisotopic (exact) mass is 207 g/mol. The molecule has 11 heavy (non-hydrogen) atoms. The van der Waals surface area contributed by atoms with Crippen LogP contribution in [-0.4, -0.2) is 5.11 Å². The summed E-state index contributed by atoms with van der Waals surface area (Å²) in [5, 5.41) is 16.6. The quantitative estimate of drug-likeness (QED) is 0.394. The van der Waals surface area contributed by atoms with Crippen LogP contribution >= 0.6 is 35.9 Å². The Morgan fingerprint density at radius 2 is 2.45 bits per heavy atom. The van der Waals surface area contributed by atoms with E-state index in [1.54, 1.807) is 6.92 Å². The third-order valence-corrected chi connectivity index (χ3v) is 3.15. The van der Waals surface area contributed by atoms with Gasteiger partial charge in [-0.3, -0.25) is 5.14 Å². The van der Waals surface area contributed by atoms with Crippen LogP contribution < -0.4 is 5.14 Å². The van der Waals surface area contributed by atoms with Crippen LogP contribution in [0.4, 0.5) is 0 Å². The van der Waals surface area contributed by atoms with Gasteiger partial charge in [0.1, 0.15) is 4.93 Å². The molecule has 1 aromatic heterocycles. The highest BCUT2D eigenvalue weighted by Crippen LogP contribution is 2.31. The van der Waals surface area contributed by atoms with Crippen molar-refractivity contribution in [1.82, 2.24) is 0 Å². The van der Waals surface area contributed by atoms with Gasteiger partial charge in [-0.25, -0.2) is 0 Å². The molecule has 0 aliphatic heterocycles. The fraction of sp³-hybridized carbons (Fsp3) is 0.333. The molecule has 0 amide bonds. The third-order valence-electron chi connectivity index (χ3n) is 1.24. The fourth-order valence-corrected chi connectivity index (χ4v) is 2.14. The molecule has 1 aromatic rings. The minimum atomic E-state index is -1.05. The molecule has 62 valence electrons. The molecular weight excluding hydrogens is 198 g/mol. The van der Waals surface area contributed by atoms with Gasteiger partial charge in [-0.1, -0.05) is 0 Å². The normalized spacial score (nSPS) is 16.4. The van der Waals surface area contributed by atoms with Crippen molar-refractivity contribution < 1.29 is 5.11 Å². The Hall–Kier alpha value is 0.320. The highest BCUT2D eigenvalue weighted by molar-refractivity contribution is 7.99. The van der Waals surface area contributed by atoms with E-state index in [4.69, 9.17) is 5.14 Å². The lowest BCUT2D eigenvalue weighted by Gasteiger charge is -2.13. The van der Waals surface area contributed by atoms with Gasteiger partial charge >= 0.3 is 0 Å². The van der Waals surface area contributed by atoms with E-state index in [0.717, 1.165) is 9.77 Å². The van der Waals surface area contributed by atoms with Gasteiger partial charge in [0, 0.05) is 5.56 Å². The van der Waals surface area contributed by atoms with Gasteiger partial charge in [0.05, 0.1) is 4.21 Å². The standard InChI is InChI=1S/C6H9NOS3/c1-6(8,9)4-2-5(11-7)10-3-4/h2-3,8-9H,7H2,1H3. The van der Waals surface area contributed by atoms with Gasteiger partial charge in [-0.2, -0.15) is 0 Å². The van der Waals surface area contributed by atoms with Crippen LogP contribution in [0.2, 0.25) is 0 Å². The topological polar surface area (TPSA) is 46.2 Å². The molecule has 0 spiro atoms. The van der Waals surface area contributed by atoms with E-state index in [0.29, 0.717) is 0 Å². The van der Waals surface area contributed by atoms with Crippen LogP contribution in [0.15, 0.2) is 15.7 Å². The van der Waals surface area contributed by atoms with Crippen molar-refractivity contribution in [2.45, 2.75) is 16.1 Å². The first kappa shape index (κ1) is 9.41. The molecule has 1 unspecified atom stereocenters. The summed E-state index contributed by atoms with van der Waals surface area (Å²) in [6, 6.07) is 1.84. The first-order valence-corrected chi connectivity index (χ1v) is 5.15. The zero-order valence-electron chi connectivity index (χ0n) is 5.94. The van der Waals surface area contributed by atoms with Crippen LogP contribution in [-0.2, 0) is 4.93 Å². The van der Waals surface area contributed by atoms with Gasteiger partial charge in [-0.05, 0) is 30.3 Å². The number of hydrogen-bond donors (Lipinski definition) is 3. The average molecular weight is 207 g/mol. The first-order chi connectivity index (χ1) is 5.04. The summed E-state index contributed by atoms with van der Waals surface area (Å²) >= 11 is 6.69. The molecule has 1 heterocycles. The summed E-state index contributed by atoms with van der Waals surface area (Å²) in [7, 11) is 0. The molecule has 0 fully saturated rings. The van der Waals surface area contributed by atoms with E-state index in [2.05, 4.69) is 12.6 Å². The SMILES string of the molecule is CC(O)(S)c1csc(SN)c1. The smallest absolute Gasteiger partial charge is 0.131 e. The van der Waals surface area contributed by atoms with Crippen LogP contribution in [0.3, 0.4) is 0 Å². The number of hydrogen-bond acceptors (Lipinski definition) is 5. The maximum absolute atomic E-state index is 9.42. The van der Waals surface area contributed by atoms with Crippen LogP contribution in [0.1, 0.15) is 12.5 Å². The molecular formula is C6H9NOS3. The van der Waals surface area contributed by atoms with E-state index >= 15 is 0 Å². The summed E-state index contributed by atoms with van der Waals surface area (Å²) < 4.78 is 0.981. The van der Waals surface area contributed by atoms with Gasteiger partial charge in [0.25, 0.3) is 0 Å². The zero-order valence-corrected chi connectivity index (χ0v) is 8.47. The lowest BCUT2D eigenvalue weighted by atomic mass is 10.2. The van der Waals surface area contributed by atoms with Crippen molar-refractivity contribution in [2.75, 3.05) is 0 Å². The number of nitrogens with two attached hydrogens (primary N) is 1. The van der Waals surface area contributed by atoms with Gasteiger partial charge in [0.15, 0.2) is 0 Å². The Balaban J connectivity index is 2.89. The van der Waals surface area contributed by atoms with Gasteiger partial charge < -0.3 is 5.11 Å². The zero-order chi connectivity index (χ0) is 8.48. The summed E-state index contributed by atoms with van der Waals surface area (Å²) in [6.07, 6.45) is 0. The summed E-state index contributed by atoms with van der Waals surface area (Å²) in [4.78, 5) is -1.05. The molecule has 0 saturated heterocycles. The van der Waals surface area contributed by atoms with Crippen LogP contribution in [0, 0.1) is 0 Å². The van der Waals surface area contributed by atoms with Crippen molar-refractivity contribution in [1.29, 1.82) is 0 Å². The summed E-state index contributed by atoms with van der Waals surface area (Å²) in [5.41, 5.74) is 0.791. The van der Waals surface area contributed by atoms with Crippen molar-refractivity contribution in [3.05, 3.63) is 17.0 Å². The Morgan fingerprint density at radius 1 is 1.82 bits per heavy atom. The second-order valence-electron chi connectivity index (χ2n) is 2.29. The van der Waals surface area contributed by atoms with Gasteiger partial charge in [-0.15, -0.1) is 24.0 Å². The number of aliphatic hydroxyl groups is 1. The maximum Gasteiger partial charge on any atom is 0.131 e. The lowest BCUT2D eigenvalue weighted by molar-refractivity contribution is 0.162. The highest BCUT2D eigenvalue weighted by Gasteiger charge is 2.18. The minimum Gasteiger partial charge on any atom is -0.376 e. The molecule has 0 radical (unpaired) electrons. The number of rotatable bonds is 2. The van der Waals surface area contributed by atoms with E-state index in [1.165, 1.54) is 23.3 Å². The minimum absolute atomic E-state index is 0.791. The predicted octanol–water partition coefficient (Wildman–Crippen LogP) is 1.81. The van der Waals surface area contributed by atoms with Crippen LogP contribution in [0.25, 0.3) is 0 Å². The predicted molar refractivity (Wildman–Crippen MR) is 52.9 cm³/mol. The number of thiol groups is 1. The Kier molecular flexibility index (Phi) is 2.88. The summed E-state index contributed by atoms with van der Waals surface area (Å²) in [5.74, 6) is 0. The van der Waals surface area contributed by atoms with E-state index in [-0.39, 0.29) is 0 Å². The van der Waals surface area contributed by atoms with Gasteiger partial charge in [0.2, 0.25) is 0 Å². The molecule has 0 bridgehead atoms. The number of thiophene rings is 1. The fourth-order valence-electron chi connectivity index (χ4n) is 0.627. The Morgan fingerprint density at radius 3 is 2.73 bits per heavy atom. The molecule has 0 saturated carbocycles. The average Bonchev–Trinajstić information content (AvgIpc) is 2.32. The largest absolute Gasteiger partial charge is 0.376 e. The van der Waals surface area contributed by atoms with E-state index in [1.807, 2.05) is 11.4 Å². The first-order valence-electron chi connectivity index (χ1n) is 2.94. The van der Waals surface area contributed by atoms with Crippen molar-refractivity contribution in [3.63, 3.8) is 0 Å². The second-order valence-corrected chi connectivity index (χ2v) is 5.01. The molecule has 3 N–H and O–H groups in total. The second kappa shape index (κ2) is 3.37. The summed E-state index contributed by atoms with van der Waals surface area (Å²) in [6.45, 7) is 1.63. The van der Waals surface area contributed by atoms with Crippen molar-refractivity contribution in [3.8, 4) is 0 Å². The lowest BCUT2D eigenvalue weighted by Crippen LogP contribution is -2.10. The Bertz CT molecular complexity index is 240. The molecule has 5 heteroatoms. The van der Waals surface area contributed by atoms with Crippen molar-refractivity contribution in [2.24, 2.45) is 5.14 Å². The maximum atomic E-state index is 9.42. The third kappa shape index (κ3) is 2.38. The molecule has 0 aliphatic rings. The molecule has 0 aromatic carbocycles. The van der Waals surface area contributed by atoms with Crippen molar-refractivity contribution >= 4 is 35.9 Å². The highest BCUT2D eigenvalue weighted by atomic mass is 32.2. The molecule has 1 rings (SSSR count). The Labute approximate surface area is 79.3 Å². The molecule has 2 nitrogen and oxygen atoms in total. The molecule has 0 aliphatic carbocycles. The van der Waals surface area contributed by atoms with E-state index in [9.17, 15) is 5.11 Å². The van der Waals surface area contributed by atoms with Crippen LogP contribution in [0.5, 0.6) is 0 Å². The van der Waals surface area contributed by atoms with E-state index < -0.39 is 4.93 Å². The molecule has 1 atom stereocenters.